The number of carbonyl (C=O) groups excluding carboxylic acids is 1. The van der Waals surface area contributed by atoms with Gasteiger partial charge in [0.25, 0.3) is 0 Å². The van der Waals surface area contributed by atoms with E-state index in [0.29, 0.717) is 12.1 Å². The summed E-state index contributed by atoms with van der Waals surface area (Å²) in [6, 6.07) is 31.8. The second-order valence-corrected chi connectivity index (χ2v) is 7.94. The number of aryl methyl sites for hydroxylation is 1. The summed E-state index contributed by atoms with van der Waals surface area (Å²) in [4.78, 5) is 13.1. The summed E-state index contributed by atoms with van der Waals surface area (Å²) in [6.07, 6.45) is 0.350. The van der Waals surface area contributed by atoms with E-state index in [1.165, 1.54) is 0 Å². The predicted octanol–water partition coefficient (Wildman–Crippen LogP) is 5.26. The van der Waals surface area contributed by atoms with Crippen LogP contribution in [0.5, 0.6) is 0 Å². The number of hydrogen-bond acceptors (Lipinski definition) is 4. The number of amides is 1. The molecule has 0 bridgehead atoms. The molecule has 0 saturated carbocycles. The topological polar surface area (TPSA) is 72.2 Å². The molecule has 0 unspecified atom stereocenters. The van der Waals surface area contributed by atoms with E-state index in [2.05, 4.69) is 44.9 Å². The van der Waals surface area contributed by atoms with Crippen LogP contribution in [0.2, 0.25) is 0 Å². The number of aromatic nitrogens is 4. The Morgan fingerprint density at radius 3 is 2.24 bits per heavy atom. The van der Waals surface area contributed by atoms with E-state index in [4.69, 9.17) is 0 Å². The Balaban J connectivity index is 1.37. The molecule has 1 amide bonds. The van der Waals surface area contributed by atoms with Crippen molar-refractivity contribution in [3.63, 3.8) is 0 Å². The standard InChI is InChI=1S/C27H23N5O/c1-19-29-30-26-16-15-25(31-32(19)26)22-13-8-14-23(17-22)28-27(33)18-24(20-9-4-2-5-10-20)21-11-6-3-7-12-21/h2-17,24H,18H2,1H3,(H,28,33). The van der Waals surface area contributed by atoms with Crippen LogP contribution in [0.15, 0.2) is 97.1 Å². The van der Waals surface area contributed by atoms with Gasteiger partial charge in [0.2, 0.25) is 5.91 Å². The highest BCUT2D eigenvalue weighted by molar-refractivity contribution is 5.92. The largest absolute Gasteiger partial charge is 0.326 e. The highest BCUT2D eigenvalue weighted by Crippen LogP contribution is 2.29. The number of benzene rings is 3. The van der Waals surface area contributed by atoms with Gasteiger partial charge in [-0.05, 0) is 42.3 Å². The first-order valence-electron chi connectivity index (χ1n) is 10.9. The summed E-state index contributed by atoms with van der Waals surface area (Å²) in [5.74, 6) is 0.670. The molecule has 162 valence electrons. The van der Waals surface area contributed by atoms with Crippen LogP contribution in [-0.2, 0) is 4.79 Å². The molecule has 0 aliphatic rings. The minimum absolute atomic E-state index is 0.0172. The molecule has 0 saturated heterocycles. The lowest BCUT2D eigenvalue weighted by Crippen LogP contribution is -2.16. The lowest BCUT2D eigenvalue weighted by molar-refractivity contribution is -0.116. The van der Waals surface area contributed by atoms with E-state index >= 15 is 0 Å². The van der Waals surface area contributed by atoms with Gasteiger partial charge < -0.3 is 5.32 Å². The molecule has 0 fully saturated rings. The van der Waals surface area contributed by atoms with E-state index in [1.807, 2.05) is 79.7 Å². The summed E-state index contributed by atoms with van der Waals surface area (Å²) < 4.78 is 1.71. The molecular formula is C27H23N5O. The number of anilines is 1. The van der Waals surface area contributed by atoms with E-state index in [1.54, 1.807) is 4.52 Å². The molecule has 3 aromatic carbocycles. The zero-order valence-corrected chi connectivity index (χ0v) is 18.2. The van der Waals surface area contributed by atoms with Crippen LogP contribution < -0.4 is 5.32 Å². The van der Waals surface area contributed by atoms with Crippen LogP contribution in [0.25, 0.3) is 16.9 Å². The Morgan fingerprint density at radius 2 is 1.55 bits per heavy atom. The Morgan fingerprint density at radius 1 is 0.848 bits per heavy atom. The van der Waals surface area contributed by atoms with Crippen LogP contribution in [0.4, 0.5) is 5.69 Å². The summed E-state index contributed by atoms with van der Waals surface area (Å²) in [5.41, 5.74) is 5.37. The third kappa shape index (κ3) is 4.50. The maximum atomic E-state index is 13.1. The van der Waals surface area contributed by atoms with Crippen molar-refractivity contribution >= 4 is 17.2 Å². The normalized spacial score (nSPS) is 11.1. The first-order valence-corrected chi connectivity index (χ1v) is 10.9. The van der Waals surface area contributed by atoms with E-state index in [9.17, 15) is 4.79 Å². The summed E-state index contributed by atoms with van der Waals surface area (Å²) >= 11 is 0. The van der Waals surface area contributed by atoms with Crippen molar-refractivity contribution < 1.29 is 4.79 Å². The van der Waals surface area contributed by atoms with Gasteiger partial charge in [-0.1, -0.05) is 72.8 Å². The number of fused-ring (bicyclic) bond motifs is 1. The van der Waals surface area contributed by atoms with Crippen LogP contribution >= 0.6 is 0 Å². The summed E-state index contributed by atoms with van der Waals surface area (Å²) in [7, 11) is 0. The van der Waals surface area contributed by atoms with Gasteiger partial charge in [-0.2, -0.15) is 9.61 Å². The van der Waals surface area contributed by atoms with Gasteiger partial charge in [0.05, 0.1) is 5.69 Å². The zero-order valence-electron chi connectivity index (χ0n) is 18.2. The lowest BCUT2D eigenvalue weighted by Gasteiger charge is -2.18. The average molecular weight is 434 g/mol. The second-order valence-electron chi connectivity index (χ2n) is 7.94. The molecule has 2 heterocycles. The van der Waals surface area contributed by atoms with Gasteiger partial charge in [-0.15, -0.1) is 10.2 Å². The SMILES string of the molecule is Cc1nnc2ccc(-c3cccc(NC(=O)CC(c4ccccc4)c4ccccc4)c3)nn12. The van der Waals surface area contributed by atoms with Crippen molar-refractivity contribution in [3.05, 3.63) is 114 Å². The second kappa shape index (κ2) is 9.04. The minimum Gasteiger partial charge on any atom is -0.326 e. The van der Waals surface area contributed by atoms with Gasteiger partial charge in [0, 0.05) is 23.6 Å². The third-order valence-electron chi connectivity index (χ3n) is 5.65. The first kappa shape index (κ1) is 20.6. The van der Waals surface area contributed by atoms with Gasteiger partial charge in [0.15, 0.2) is 11.5 Å². The number of nitrogens with zero attached hydrogens (tertiary/aromatic N) is 4. The fourth-order valence-corrected chi connectivity index (χ4v) is 4.00. The van der Waals surface area contributed by atoms with Gasteiger partial charge in [-0.25, -0.2) is 0 Å². The Bertz CT molecular complexity index is 1360. The van der Waals surface area contributed by atoms with Crippen molar-refractivity contribution in [2.75, 3.05) is 5.32 Å². The molecule has 0 spiro atoms. The van der Waals surface area contributed by atoms with Crippen molar-refractivity contribution in [2.24, 2.45) is 0 Å². The van der Waals surface area contributed by atoms with E-state index in [-0.39, 0.29) is 11.8 Å². The Labute approximate surface area is 191 Å². The smallest absolute Gasteiger partial charge is 0.225 e. The highest BCUT2D eigenvalue weighted by atomic mass is 16.1. The minimum atomic E-state index is -0.0390. The molecule has 0 aliphatic carbocycles. The average Bonchev–Trinajstić information content (AvgIpc) is 3.24. The van der Waals surface area contributed by atoms with E-state index < -0.39 is 0 Å². The molecule has 1 N–H and O–H groups in total. The van der Waals surface area contributed by atoms with Gasteiger partial charge >= 0.3 is 0 Å². The van der Waals surface area contributed by atoms with Crippen molar-refractivity contribution in [1.82, 2.24) is 19.8 Å². The predicted molar refractivity (Wildman–Crippen MR) is 129 cm³/mol. The highest BCUT2D eigenvalue weighted by Gasteiger charge is 2.18. The number of carbonyl (C=O) groups is 1. The summed E-state index contributed by atoms with van der Waals surface area (Å²) in [6.45, 7) is 1.86. The molecule has 2 aromatic heterocycles. The van der Waals surface area contributed by atoms with E-state index in [0.717, 1.165) is 33.9 Å². The maximum absolute atomic E-state index is 13.1. The van der Waals surface area contributed by atoms with Gasteiger partial charge in [-0.3, -0.25) is 4.79 Å². The fourth-order valence-electron chi connectivity index (χ4n) is 4.00. The molecule has 5 aromatic rings. The molecule has 0 atom stereocenters. The van der Waals surface area contributed by atoms with Crippen molar-refractivity contribution in [2.45, 2.75) is 19.3 Å². The molecule has 0 radical (unpaired) electrons. The molecule has 5 rings (SSSR count). The first-order chi connectivity index (χ1) is 16.2. The fraction of sp³-hybridized carbons (Fsp3) is 0.111. The van der Waals surface area contributed by atoms with Crippen LogP contribution in [-0.4, -0.2) is 25.7 Å². The lowest BCUT2D eigenvalue weighted by atomic mass is 9.88. The van der Waals surface area contributed by atoms with Gasteiger partial charge in [0.1, 0.15) is 0 Å². The zero-order chi connectivity index (χ0) is 22.6. The molecular weight excluding hydrogens is 410 g/mol. The molecule has 6 heteroatoms. The molecule has 33 heavy (non-hydrogen) atoms. The third-order valence-corrected chi connectivity index (χ3v) is 5.65. The Hall–Kier alpha value is -4.32. The number of nitrogens with one attached hydrogen (secondary N) is 1. The monoisotopic (exact) mass is 433 g/mol. The number of hydrogen-bond donors (Lipinski definition) is 1. The molecule has 6 nitrogen and oxygen atoms in total. The molecule has 0 aliphatic heterocycles. The van der Waals surface area contributed by atoms with Crippen LogP contribution in [0.1, 0.15) is 29.3 Å². The number of rotatable bonds is 6. The van der Waals surface area contributed by atoms with Crippen LogP contribution in [0, 0.1) is 6.92 Å². The van der Waals surface area contributed by atoms with Crippen molar-refractivity contribution in [3.8, 4) is 11.3 Å². The Kier molecular flexibility index (Phi) is 5.64. The quantitative estimate of drug-likeness (QED) is 0.396. The van der Waals surface area contributed by atoms with Crippen molar-refractivity contribution in [1.29, 1.82) is 0 Å². The maximum Gasteiger partial charge on any atom is 0.225 e. The van der Waals surface area contributed by atoms with Crippen LogP contribution in [0.3, 0.4) is 0 Å². The summed E-state index contributed by atoms with van der Waals surface area (Å²) in [5, 5.41) is 15.8.